The molecule has 1 aromatic heterocycles. The maximum atomic E-state index is 11.5. The molecule has 0 spiro atoms. The number of aromatic nitrogens is 1. The minimum absolute atomic E-state index is 0.244. The first kappa shape index (κ1) is 14.6. The van der Waals surface area contributed by atoms with E-state index in [1.165, 1.54) is 18.5 Å². The Morgan fingerprint density at radius 1 is 1.50 bits per heavy atom. The van der Waals surface area contributed by atoms with Crippen LogP contribution >= 0.6 is 0 Å². The molecule has 0 aliphatic carbocycles. The number of esters is 1. The van der Waals surface area contributed by atoms with E-state index in [-0.39, 0.29) is 25.1 Å². The average molecular weight is 254 g/mol. The summed E-state index contributed by atoms with van der Waals surface area (Å²) in [6.45, 7) is 2.24. The van der Waals surface area contributed by atoms with Gasteiger partial charge in [0.1, 0.15) is 6.10 Å². The predicted octanol–water partition coefficient (Wildman–Crippen LogP) is 0.00140. The van der Waals surface area contributed by atoms with Gasteiger partial charge in [0, 0.05) is 18.0 Å². The Kier molecular flexibility index (Phi) is 5.70. The van der Waals surface area contributed by atoms with Crippen LogP contribution in [0, 0.1) is 0 Å². The van der Waals surface area contributed by atoms with Crippen molar-refractivity contribution < 1.29 is 19.7 Å². The van der Waals surface area contributed by atoms with Crippen LogP contribution in [0.4, 0.5) is 0 Å². The second kappa shape index (κ2) is 7.05. The topological polar surface area (TPSA) is 106 Å². The molecular formula is C12H18N2O4. The van der Waals surface area contributed by atoms with E-state index in [0.29, 0.717) is 5.56 Å². The van der Waals surface area contributed by atoms with Crippen molar-refractivity contribution in [1.29, 1.82) is 0 Å². The van der Waals surface area contributed by atoms with E-state index in [2.05, 4.69) is 4.98 Å². The van der Waals surface area contributed by atoms with Crippen molar-refractivity contribution >= 4 is 5.97 Å². The predicted molar refractivity (Wildman–Crippen MR) is 64.8 cm³/mol. The molecule has 0 radical (unpaired) electrons. The minimum atomic E-state index is -1.12. The van der Waals surface area contributed by atoms with Crippen LogP contribution in [0.3, 0.4) is 0 Å². The van der Waals surface area contributed by atoms with Gasteiger partial charge < -0.3 is 20.7 Å². The summed E-state index contributed by atoms with van der Waals surface area (Å²) in [5, 5.41) is 19.5. The third-order valence-corrected chi connectivity index (χ3v) is 2.44. The SMILES string of the molecule is CCOC(=O)c1cncc(C(O)C(O)CCN)c1. The first-order valence-electron chi connectivity index (χ1n) is 5.78. The van der Waals surface area contributed by atoms with Crippen molar-refractivity contribution in [2.45, 2.75) is 25.6 Å². The van der Waals surface area contributed by atoms with E-state index in [0.717, 1.165) is 0 Å². The van der Waals surface area contributed by atoms with Crippen molar-refractivity contribution in [2.24, 2.45) is 5.73 Å². The zero-order valence-electron chi connectivity index (χ0n) is 10.2. The number of hydrogen-bond donors (Lipinski definition) is 3. The first-order valence-corrected chi connectivity index (χ1v) is 5.78. The van der Waals surface area contributed by atoms with Crippen molar-refractivity contribution in [1.82, 2.24) is 4.98 Å². The van der Waals surface area contributed by atoms with Gasteiger partial charge in [0.15, 0.2) is 0 Å². The van der Waals surface area contributed by atoms with Gasteiger partial charge in [0.2, 0.25) is 0 Å². The summed E-state index contributed by atoms with van der Waals surface area (Å²) in [5.74, 6) is -0.507. The van der Waals surface area contributed by atoms with Crippen LogP contribution < -0.4 is 5.73 Å². The lowest BCUT2D eigenvalue weighted by molar-refractivity contribution is 0.0147. The highest BCUT2D eigenvalue weighted by Crippen LogP contribution is 2.19. The fourth-order valence-corrected chi connectivity index (χ4v) is 1.50. The van der Waals surface area contributed by atoms with Crippen LogP contribution in [0.5, 0.6) is 0 Å². The molecule has 1 aromatic rings. The fraction of sp³-hybridized carbons (Fsp3) is 0.500. The molecule has 0 saturated heterocycles. The molecule has 1 heterocycles. The van der Waals surface area contributed by atoms with E-state index < -0.39 is 18.2 Å². The molecule has 0 aliphatic heterocycles. The largest absolute Gasteiger partial charge is 0.462 e. The maximum absolute atomic E-state index is 11.5. The summed E-state index contributed by atoms with van der Waals surface area (Å²) in [7, 11) is 0. The molecule has 0 fully saturated rings. The van der Waals surface area contributed by atoms with Gasteiger partial charge in [-0.2, -0.15) is 0 Å². The number of carbonyl (C=O) groups excluding carboxylic acids is 1. The van der Waals surface area contributed by atoms with Gasteiger partial charge >= 0.3 is 5.97 Å². The van der Waals surface area contributed by atoms with Crippen molar-refractivity contribution in [3.05, 3.63) is 29.6 Å². The summed E-state index contributed by atoms with van der Waals surface area (Å²) in [6, 6.07) is 1.45. The Labute approximate surface area is 105 Å². The number of hydrogen-bond acceptors (Lipinski definition) is 6. The third-order valence-electron chi connectivity index (χ3n) is 2.44. The highest BCUT2D eigenvalue weighted by Gasteiger charge is 2.19. The number of nitrogens with zero attached hydrogens (tertiary/aromatic N) is 1. The smallest absolute Gasteiger partial charge is 0.339 e. The van der Waals surface area contributed by atoms with Crippen LogP contribution in [-0.4, -0.2) is 40.4 Å². The summed E-state index contributed by atoms with van der Waals surface area (Å²) in [5.41, 5.74) is 5.91. The van der Waals surface area contributed by atoms with Crippen LogP contribution in [0.15, 0.2) is 18.5 Å². The highest BCUT2D eigenvalue weighted by molar-refractivity contribution is 5.89. The lowest BCUT2D eigenvalue weighted by Crippen LogP contribution is -2.22. The average Bonchev–Trinajstić information content (AvgIpc) is 2.38. The summed E-state index contributed by atoms with van der Waals surface area (Å²) >= 11 is 0. The van der Waals surface area contributed by atoms with Gasteiger partial charge in [-0.25, -0.2) is 4.79 Å². The molecule has 0 bridgehead atoms. The molecule has 4 N–H and O–H groups in total. The van der Waals surface area contributed by atoms with E-state index in [9.17, 15) is 15.0 Å². The molecule has 100 valence electrons. The molecule has 0 aromatic carbocycles. The van der Waals surface area contributed by atoms with Crippen LogP contribution in [0.25, 0.3) is 0 Å². The van der Waals surface area contributed by atoms with Gasteiger partial charge in [0.25, 0.3) is 0 Å². The van der Waals surface area contributed by atoms with Gasteiger partial charge in [-0.15, -0.1) is 0 Å². The molecule has 2 unspecified atom stereocenters. The summed E-state index contributed by atoms with van der Waals surface area (Å²) in [6.07, 6.45) is 0.922. The Bertz CT molecular complexity index is 397. The first-order chi connectivity index (χ1) is 8.60. The molecular weight excluding hydrogens is 236 g/mol. The molecule has 2 atom stereocenters. The zero-order chi connectivity index (χ0) is 13.5. The molecule has 0 aliphatic rings. The summed E-state index contributed by atoms with van der Waals surface area (Å²) < 4.78 is 4.83. The Morgan fingerprint density at radius 3 is 2.83 bits per heavy atom. The molecule has 0 saturated carbocycles. The minimum Gasteiger partial charge on any atom is -0.462 e. The van der Waals surface area contributed by atoms with Crippen LogP contribution in [0.1, 0.15) is 35.4 Å². The molecule has 18 heavy (non-hydrogen) atoms. The normalized spacial score (nSPS) is 14.0. The van der Waals surface area contributed by atoms with E-state index in [1.54, 1.807) is 6.92 Å². The third kappa shape index (κ3) is 3.76. The second-order valence-electron chi connectivity index (χ2n) is 3.82. The molecule has 1 rings (SSSR count). The monoisotopic (exact) mass is 254 g/mol. The van der Waals surface area contributed by atoms with Gasteiger partial charge in [-0.05, 0) is 26.0 Å². The quantitative estimate of drug-likeness (QED) is 0.617. The highest BCUT2D eigenvalue weighted by atomic mass is 16.5. The lowest BCUT2D eigenvalue weighted by atomic mass is 10.0. The Hall–Kier alpha value is -1.50. The fourth-order valence-electron chi connectivity index (χ4n) is 1.50. The van der Waals surface area contributed by atoms with E-state index in [1.807, 2.05) is 0 Å². The lowest BCUT2D eigenvalue weighted by Gasteiger charge is -2.17. The number of ether oxygens (including phenoxy) is 1. The van der Waals surface area contributed by atoms with E-state index >= 15 is 0 Å². The Morgan fingerprint density at radius 2 is 2.22 bits per heavy atom. The van der Waals surface area contributed by atoms with Gasteiger partial charge in [-0.1, -0.05) is 0 Å². The van der Waals surface area contributed by atoms with Crippen LogP contribution in [0.2, 0.25) is 0 Å². The van der Waals surface area contributed by atoms with Crippen molar-refractivity contribution in [3.63, 3.8) is 0 Å². The second-order valence-corrected chi connectivity index (χ2v) is 3.82. The standard InChI is InChI=1S/C12H18N2O4/c1-2-18-12(17)9-5-8(6-14-7-9)11(16)10(15)3-4-13/h5-7,10-11,15-16H,2-4,13H2,1H3. The maximum Gasteiger partial charge on any atom is 0.339 e. The number of aliphatic hydroxyl groups is 2. The zero-order valence-corrected chi connectivity index (χ0v) is 10.2. The number of aliphatic hydroxyl groups excluding tert-OH is 2. The van der Waals surface area contributed by atoms with Gasteiger partial charge in [-0.3, -0.25) is 4.98 Å². The Balaban J connectivity index is 2.84. The van der Waals surface area contributed by atoms with Gasteiger partial charge in [0.05, 0.1) is 18.3 Å². The number of nitrogens with two attached hydrogens (primary N) is 1. The van der Waals surface area contributed by atoms with Crippen LogP contribution in [-0.2, 0) is 4.74 Å². The number of pyridine rings is 1. The number of rotatable bonds is 6. The van der Waals surface area contributed by atoms with Crippen molar-refractivity contribution in [2.75, 3.05) is 13.2 Å². The van der Waals surface area contributed by atoms with Crippen molar-refractivity contribution in [3.8, 4) is 0 Å². The summed E-state index contributed by atoms with van der Waals surface area (Å²) in [4.78, 5) is 15.3. The van der Waals surface area contributed by atoms with E-state index in [4.69, 9.17) is 10.5 Å². The molecule has 0 amide bonds. The molecule has 6 heteroatoms. The molecule has 6 nitrogen and oxygen atoms in total. The number of carbonyl (C=O) groups is 1.